The molecular formula is C11H15NO3. The average molecular weight is 209 g/mol. The number of carboxylic acid groups (broad SMARTS) is 1. The first kappa shape index (κ1) is 11.5. The molecule has 4 heteroatoms. The molecule has 0 spiro atoms. The van der Waals surface area contributed by atoms with Crippen molar-refractivity contribution in [3.8, 4) is 0 Å². The van der Waals surface area contributed by atoms with E-state index in [1.165, 1.54) is 10.6 Å². The van der Waals surface area contributed by atoms with Crippen molar-refractivity contribution in [2.24, 2.45) is 0 Å². The Labute approximate surface area is 88.2 Å². The van der Waals surface area contributed by atoms with Crippen molar-refractivity contribution in [3.05, 3.63) is 33.2 Å². The Morgan fingerprint density at radius 1 is 1.40 bits per heavy atom. The van der Waals surface area contributed by atoms with Crippen LogP contribution in [-0.4, -0.2) is 15.6 Å². The lowest BCUT2D eigenvalue weighted by Gasteiger charge is -2.16. The van der Waals surface area contributed by atoms with Crippen LogP contribution in [0.2, 0.25) is 0 Å². The van der Waals surface area contributed by atoms with Crippen LogP contribution in [0.15, 0.2) is 10.9 Å². The van der Waals surface area contributed by atoms with Crippen molar-refractivity contribution < 1.29 is 9.90 Å². The summed E-state index contributed by atoms with van der Waals surface area (Å²) in [5.41, 5.74) is 1.11. The molecule has 0 fully saturated rings. The highest BCUT2D eigenvalue weighted by atomic mass is 16.4. The van der Waals surface area contributed by atoms with Crippen molar-refractivity contribution in [3.63, 3.8) is 0 Å². The lowest BCUT2D eigenvalue weighted by atomic mass is 10.1. The summed E-state index contributed by atoms with van der Waals surface area (Å²) < 4.78 is 1.50. The van der Waals surface area contributed by atoms with Crippen molar-refractivity contribution in [2.75, 3.05) is 0 Å². The number of hydrogen-bond donors (Lipinski definition) is 1. The van der Waals surface area contributed by atoms with Crippen LogP contribution >= 0.6 is 0 Å². The van der Waals surface area contributed by atoms with Gasteiger partial charge in [0.2, 0.25) is 0 Å². The van der Waals surface area contributed by atoms with E-state index >= 15 is 0 Å². The molecule has 0 atom stereocenters. The van der Waals surface area contributed by atoms with Crippen LogP contribution in [0.5, 0.6) is 0 Å². The SMILES string of the molecule is Cc1cc(=O)n(C(C)C)c(C)c1C(=O)O. The largest absolute Gasteiger partial charge is 0.478 e. The predicted molar refractivity (Wildman–Crippen MR) is 57.5 cm³/mol. The lowest BCUT2D eigenvalue weighted by molar-refractivity contribution is 0.0694. The normalized spacial score (nSPS) is 10.7. The molecule has 0 amide bonds. The highest BCUT2D eigenvalue weighted by Gasteiger charge is 2.16. The van der Waals surface area contributed by atoms with E-state index in [4.69, 9.17) is 5.11 Å². The summed E-state index contributed by atoms with van der Waals surface area (Å²) in [7, 11) is 0. The van der Waals surface area contributed by atoms with E-state index in [2.05, 4.69) is 0 Å². The number of hydrogen-bond acceptors (Lipinski definition) is 2. The molecule has 1 aromatic heterocycles. The van der Waals surface area contributed by atoms with E-state index in [0.29, 0.717) is 11.3 Å². The summed E-state index contributed by atoms with van der Waals surface area (Å²) in [6.07, 6.45) is 0. The Bertz CT molecular complexity index is 458. The molecule has 0 aromatic carbocycles. The Kier molecular flexibility index (Phi) is 2.98. The monoisotopic (exact) mass is 209 g/mol. The quantitative estimate of drug-likeness (QED) is 0.807. The summed E-state index contributed by atoms with van der Waals surface area (Å²) in [5.74, 6) is -0.987. The molecule has 1 rings (SSSR count). The van der Waals surface area contributed by atoms with Crippen LogP contribution < -0.4 is 5.56 Å². The van der Waals surface area contributed by atoms with E-state index in [-0.39, 0.29) is 17.2 Å². The van der Waals surface area contributed by atoms with Gasteiger partial charge in [-0.3, -0.25) is 4.79 Å². The molecule has 82 valence electrons. The highest BCUT2D eigenvalue weighted by Crippen LogP contribution is 2.14. The number of aromatic nitrogens is 1. The first-order chi connectivity index (χ1) is 6.86. The first-order valence-corrected chi connectivity index (χ1v) is 4.82. The maximum Gasteiger partial charge on any atom is 0.337 e. The van der Waals surface area contributed by atoms with Crippen molar-refractivity contribution in [2.45, 2.75) is 33.7 Å². The van der Waals surface area contributed by atoms with Gasteiger partial charge < -0.3 is 9.67 Å². The number of carboxylic acids is 1. The summed E-state index contributed by atoms with van der Waals surface area (Å²) in [6.45, 7) is 7.02. The van der Waals surface area contributed by atoms with Crippen molar-refractivity contribution in [1.29, 1.82) is 0 Å². The van der Waals surface area contributed by atoms with Gasteiger partial charge in [-0.15, -0.1) is 0 Å². The van der Waals surface area contributed by atoms with E-state index in [1.807, 2.05) is 13.8 Å². The molecule has 15 heavy (non-hydrogen) atoms. The van der Waals surface area contributed by atoms with Crippen LogP contribution in [0, 0.1) is 13.8 Å². The van der Waals surface area contributed by atoms with E-state index in [0.717, 1.165) is 0 Å². The zero-order chi connectivity index (χ0) is 11.7. The van der Waals surface area contributed by atoms with Crippen LogP contribution in [0.3, 0.4) is 0 Å². The van der Waals surface area contributed by atoms with Gasteiger partial charge in [-0.1, -0.05) is 0 Å². The topological polar surface area (TPSA) is 59.3 Å². The van der Waals surface area contributed by atoms with E-state index in [9.17, 15) is 9.59 Å². The number of pyridine rings is 1. The van der Waals surface area contributed by atoms with E-state index < -0.39 is 5.97 Å². The molecule has 0 aliphatic rings. The molecule has 4 nitrogen and oxygen atoms in total. The predicted octanol–water partition coefficient (Wildman–Crippen LogP) is 1.74. The van der Waals surface area contributed by atoms with Crippen LogP contribution in [0.4, 0.5) is 0 Å². The zero-order valence-corrected chi connectivity index (χ0v) is 9.37. The Morgan fingerprint density at radius 3 is 2.33 bits per heavy atom. The third kappa shape index (κ3) is 1.93. The molecule has 1 heterocycles. The molecule has 0 saturated carbocycles. The summed E-state index contributed by atoms with van der Waals surface area (Å²) in [5, 5.41) is 9.03. The van der Waals surface area contributed by atoms with Crippen LogP contribution in [0.1, 0.15) is 41.5 Å². The third-order valence-corrected chi connectivity index (χ3v) is 2.43. The number of aryl methyl sites for hydroxylation is 1. The second-order valence-electron chi connectivity index (χ2n) is 3.89. The molecule has 1 aromatic rings. The molecular weight excluding hydrogens is 194 g/mol. The van der Waals surface area contributed by atoms with Crippen molar-refractivity contribution >= 4 is 5.97 Å². The maximum absolute atomic E-state index is 11.6. The minimum atomic E-state index is -0.987. The van der Waals surface area contributed by atoms with Gasteiger partial charge in [0, 0.05) is 17.8 Å². The summed E-state index contributed by atoms with van der Waals surface area (Å²) >= 11 is 0. The smallest absolute Gasteiger partial charge is 0.337 e. The van der Waals surface area contributed by atoms with E-state index in [1.54, 1.807) is 13.8 Å². The Hall–Kier alpha value is -1.58. The van der Waals surface area contributed by atoms with Gasteiger partial charge in [0.1, 0.15) is 0 Å². The fourth-order valence-electron chi connectivity index (χ4n) is 1.86. The third-order valence-electron chi connectivity index (χ3n) is 2.43. The van der Waals surface area contributed by atoms with Crippen LogP contribution in [-0.2, 0) is 0 Å². The first-order valence-electron chi connectivity index (χ1n) is 4.82. The van der Waals surface area contributed by atoms with Gasteiger partial charge in [0.15, 0.2) is 0 Å². The molecule has 1 N–H and O–H groups in total. The maximum atomic E-state index is 11.6. The minimum absolute atomic E-state index is 0.0313. The number of nitrogens with zero attached hydrogens (tertiary/aromatic N) is 1. The second kappa shape index (κ2) is 3.88. The van der Waals surface area contributed by atoms with Gasteiger partial charge in [-0.25, -0.2) is 4.79 Å². The minimum Gasteiger partial charge on any atom is -0.478 e. The molecule has 0 saturated heterocycles. The fourth-order valence-corrected chi connectivity index (χ4v) is 1.86. The molecule has 0 unspecified atom stereocenters. The second-order valence-corrected chi connectivity index (χ2v) is 3.89. The number of carbonyl (C=O) groups is 1. The Balaban J connectivity index is 3.64. The number of rotatable bonds is 2. The zero-order valence-electron chi connectivity index (χ0n) is 9.37. The molecule has 0 bridgehead atoms. The fraction of sp³-hybridized carbons (Fsp3) is 0.455. The van der Waals surface area contributed by atoms with Gasteiger partial charge in [0.25, 0.3) is 5.56 Å². The van der Waals surface area contributed by atoms with Gasteiger partial charge >= 0.3 is 5.97 Å². The van der Waals surface area contributed by atoms with Gasteiger partial charge in [-0.2, -0.15) is 0 Å². The molecule has 0 aliphatic heterocycles. The summed E-state index contributed by atoms with van der Waals surface area (Å²) in [4.78, 5) is 22.7. The average Bonchev–Trinajstić information content (AvgIpc) is 1.99. The molecule has 0 radical (unpaired) electrons. The highest BCUT2D eigenvalue weighted by molar-refractivity contribution is 5.90. The van der Waals surface area contributed by atoms with Gasteiger partial charge in [0.05, 0.1) is 5.56 Å². The Morgan fingerprint density at radius 2 is 1.93 bits per heavy atom. The lowest BCUT2D eigenvalue weighted by Crippen LogP contribution is -2.26. The van der Waals surface area contributed by atoms with Crippen molar-refractivity contribution in [1.82, 2.24) is 4.57 Å². The van der Waals surface area contributed by atoms with Crippen LogP contribution in [0.25, 0.3) is 0 Å². The summed E-state index contributed by atoms with van der Waals surface area (Å²) in [6, 6.07) is 1.34. The standard InChI is InChI=1S/C11H15NO3/c1-6(2)12-8(4)10(11(14)15)7(3)5-9(12)13/h5-6H,1-4H3,(H,14,15). The van der Waals surface area contributed by atoms with Gasteiger partial charge in [-0.05, 0) is 33.3 Å². The number of aromatic carboxylic acids is 1. The molecule has 0 aliphatic carbocycles.